The van der Waals surface area contributed by atoms with Crippen molar-refractivity contribution in [3.05, 3.63) is 63.0 Å². The van der Waals surface area contributed by atoms with Crippen LogP contribution in [0.3, 0.4) is 0 Å². The topological polar surface area (TPSA) is 30.7 Å². The Labute approximate surface area is 156 Å². The molecule has 0 unspecified atom stereocenters. The van der Waals surface area contributed by atoms with Crippen LogP contribution in [0.25, 0.3) is 11.4 Å². The van der Waals surface area contributed by atoms with Gasteiger partial charge in [0.15, 0.2) is 11.0 Å². The minimum Gasteiger partial charge on any atom is -0.302 e. The predicted octanol–water partition coefficient (Wildman–Crippen LogP) is 5.78. The number of benzene rings is 2. The molecule has 3 nitrogen and oxygen atoms in total. The summed E-state index contributed by atoms with van der Waals surface area (Å²) >= 11 is 8.64. The van der Waals surface area contributed by atoms with Gasteiger partial charge in [-0.2, -0.15) is 0 Å². The summed E-state index contributed by atoms with van der Waals surface area (Å²) in [6.07, 6.45) is 0. The van der Waals surface area contributed by atoms with Crippen LogP contribution in [0, 0.1) is 0 Å². The molecular formula is C17H15Br2N3S. The molecule has 0 radical (unpaired) electrons. The molecule has 118 valence electrons. The molecule has 0 aliphatic heterocycles. The zero-order valence-corrected chi connectivity index (χ0v) is 16.5. The van der Waals surface area contributed by atoms with E-state index in [0.717, 1.165) is 37.8 Å². The molecule has 0 saturated carbocycles. The van der Waals surface area contributed by atoms with Crippen LogP contribution < -0.4 is 0 Å². The highest BCUT2D eigenvalue weighted by atomic mass is 79.9. The van der Waals surface area contributed by atoms with Gasteiger partial charge in [0, 0.05) is 26.8 Å². The van der Waals surface area contributed by atoms with Crippen LogP contribution in [0.4, 0.5) is 0 Å². The Balaban J connectivity index is 1.80. The number of aromatic nitrogens is 3. The molecule has 0 saturated heterocycles. The third-order valence-electron chi connectivity index (χ3n) is 3.42. The fourth-order valence-corrected chi connectivity index (χ4v) is 3.71. The first-order valence-electron chi connectivity index (χ1n) is 7.23. The van der Waals surface area contributed by atoms with Crippen molar-refractivity contribution < 1.29 is 0 Å². The molecule has 0 fully saturated rings. The number of nitrogens with zero attached hydrogens (tertiary/aromatic N) is 3. The monoisotopic (exact) mass is 451 g/mol. The van der Waals surface area contributed by atoms with E-state index >= 15 is 0 Å². The van der Waals surface area contributed by atoms with Gasteiger partial charge in [0.05, 0.1) is 0 Å². The molecule has 1 heterocycles. The maximum atomic E-state index is 4.38. The molecule has 0 aliphatic rings. The lowest BCUT2D eigenvalue weighted by atomic mass is 10.2. The number of thioether (sulfide) groups is 1. The first-order chi connectivity index (χ1) is 11.2. The Kier molecular flexibility index (Phi) is 5.56. The van der Waals surface area contributed by atoms with E-state index in [-0.39, 0.29) is 0 Å². The van der Waals surface area contributed by atoms with Crippen molar-refractivity contribution in [3.63, 3.8) is 0 Å². The van der Waals surface area contributed by atoms with Gasteiger partial charge in [0.1, 0.15) is 0 Å². The van der Waals surface area contributed by atoms with Crippen LogP contribution >= 0.6 is 43.6 Å². The summed E-state index contributed by atoms with van der Waals surface area (Å²) < 4.78 is 4.32. The summed E-state index contributed by atoms with van der Waals surface area (Å²) in [5.74, 6) is 1.80. The van der Waals surface area contributed by atoms with E-state index in [2.05, 4.69) is 89.9 Å². The number of halogens is 2. The first kappa shape index (κ1) is 16.7. The average molecular weight is 453 g/mol. The molecule has 1 aromatic heterocycles. The molecular weight excluding hydrogens is 438 g/mol. The predicted molar refractivity (Wildman–Crippen MR) is 103 cm³/mol. The largest absolute Gasteiger partial charge is 0.302 e. The molecule has 0 amide bonds. The molecule has 3 rings (SSSR count). The normalized spacial score (nSPS) is 10.9. The first-order valence-corrected chi connectivity index (χ1v) is 9.81. The van der Waals surface area contributed by atoms with E-state index in [4.69, 9.17) is 0 Å². The number of hydrogen-bond donors (Lipinski definition) is 0. The minimum absolute atomic E-state index is 0.848. The Morgan fingerprint density at radius 3 is 2.13 bits per heavy atom. The summed E-state index contributed by atoms with van der Waals surface area (Å²) in [5.41, 5.74) is 2.35. The highest BCUT2D eigenvalue weighted by Gasteiger charge is 2.13. The van der Waals surface area contributed by atoms with E-state index in [0.29, 0.717) is 0 Å². The van der Waals surface area contributed by atoms with Crippen molar-refractivity contribution in [2.45, 2.75) is 24.4 Å². The number of rotatable bonds is 5. The van der Waals surface area contributed by atoms with Gasteiger partial charge < -0.3 is 4.57 Å². The van der Waals surface area contributed by atoms with Gasteiger partial charge in [0.25, 0.3) is 0 Å². The smallest absolute Gasteiger partial charge is 0.191 e. The molecule has 2 aromatic carbocycles. The maximum absolute atomic E-state index is 4.38. The Morgan fingerprint density at radius 1 is 0.913 bits per heavy atom. The highest BCUT2D eigenvalue weighted by molar-refractivity contribution is 9.10. The van der Waals surface area contributed by atoms with Crippen LogP contribution in [-0.2, 0) is 12.3 Å². The Morgan fingerprint density at radius 2 is 1.52 bits per heavy atom. The third-order valence-corrected chi connectivity index (χ3v) is 5.51. The summed E-state index contributed by atoms with van der Waals surface area (Å²) in [7, 11) is 0. The molecule has 0 aliphatic carbocycles. The molecule has 23 heavy (non-hydrogen) atoms. The minimum atomic E-state index is 0.848. The lowest BCUT2D eigenvalue weighted by Crippen LogP contribution is -1.99. The second-order valence-electron chi connectivity index (χ2n) is 4.97. The zero-order chi connectivity index (χ0) is 16.2. The van der Waals surface area contributed by atoms with Gasteiger partial charge in [0.2, 0.25) is 0 Å². The number of hydrogen-bond acceptors (Lipinski definition) is 3. The molecule has 3 aromatic rings. The fraction of sp³-hybridized carbons (Fsp3) is 0.176. The van der Waals surface area contributed by atoms with E-state index in [1.165, 1.54) is 5.56 Å². The molecule has 0 bridgehead atoms. The average Bonchev–Trinajstić information content (AvgIpc) is 2.98. The summed E-state index contributed by atoms with van der Waals surface area (Å²) in [4.78, 5) is 0. The standard InChI is InChI=1S/C17H15Br2N3S/c1-2-22-16(13-5-9-15(19)10-6-13)20-21-17(22)23-11-12-3-7-14(18)8-4-12/h3-10H,2,11H2,1H3. The van der Waals surface area contributed by atoms with Crippen molar-refractivity contribution >= 4 is 43.6 Å². The van der Waals surface area contributed by atoms with Crippen LogP contribution in [0.5, 0.6) is 0 Å². The van der Waals surface area contributed by atoms with Crippen molar-refractivity contribution in [2.75, 3.05) is 0 Å². The second-order valence-corrected chi connectivity index (χ2v) is 7.75. The van der Waals surface area contributed by atoms with Gasteiger partial charge in [-0.25, -0.2) is 0 Å². The van der Waals surface area contributed by atoms with Crippen molar-refractivity contribution in [1.29, 1.82) is 0 Å². The maximum Gasteiger partial charge on any atom is 0.191 e. The lowest BCUT2D eigenvalue weighted by molar-refractivity contribution is 0.687. The summed E-state index contributed by atoms with van der Waals surface area (Å²) in [6.45, 7) is 2.97. The SMILES string of the molecule is CCn1c(SCc2ccc(Br)cc2)nnc1-c1ccc(Br)cc1. The second kappa shape index (κ2) is 7.64. The van der Waals surface area contributed by atoms with E-state index in [9.17, 15) is 0 Å². The van der Waals surface area contributed by atoms with Gasteiger partial charge >= 0.3 is 0 Å². The Bertz CT molecular complexity index is 783. The lowest BCUT2D eigenvalue weighted by Gasteiger charge is -2.07. The molecule has 0 N–H and O–H groups in total. The highest BCUT2D eigenvalue weighted by Crippen LogP contribution is 2.27. The van der Waals surface area contributed by atoms with Crippen LogP contribution in [-0.4, -0.2) is 14.8 Å². The summed E-state index contributed by atoms with van der Waals surface area (Å²) in [5, 5.41) is 9.71. The third kappa shape index (κ3) is 4.05. The molecule has 6 heteroatoms. The van der Waals surface area contributed by atoms with E-state index < -0.39 is 0 Å². The van der Waals surface area contributed by atoms with Crippen LogP contribution in [0.2, 0.25) is 0 Å². The van der Waals surface area contributed by atoms with Gasteiger partial charge in [-0.3, -0.25) is 0 Å². The molecule has 0 atom stereocenters. The van der Waals surface area contributed by atoms with E-state index in [1.807, 2.05) is 12.1 Å². The van der Waals surface area contributed by atoms with Gasteiger partial charge in [-0.1, -0.05) is 67.9 Å². The van der Waals surface area contributed by atoms with Gasteiger partial charge in [-0.15, -0.1) is 10.2 Å². The fourth-order valence-electron chi connectivity index (χ4n) is 2.22. The van der Waals surface area contributed by atoms with Crippen molar-refractivity contribution in [1.82, 2.24) is 14.8 Å². The summed E-state index contributed by atoms with van der Waals surface area (Å²) in [6, 6.07) is 16.5. The van der Waals surface area contributed by atoms with E-state index in [1.54, 1.807) is 11.8 Å². The molecule has 0 spiro atoms. The van der Waals surface area contributed by atoms with Crippen molar-refractivity contribution in [2.24, 2.45) is 0 Å². The van der Waals surface area contributed by atoms with Crippen molar-refractivity contribution in [3.8, 4) is 11.4 Å². The van der Waals surface area contributed by atoms with Crippen LogP contribution in [0.1, 0.15) is 12.5 Å². The van der Waals surface area contributed by atoms with Gasteiger partial charge in [-0.05, 0) is 36.8 Å². The quantitative estimate of drug-likeness (QED) is 0.459. The van der Waals surface area contributed by atoms with Crippen LogP contribution in [0.15, 0.2) is 62.6 Å². The Hall–Kier alpha value is -1.11. The zero-order valence-electron chi connectivity index (χ0n) is 12.5.